The van der Waals surface area contributed by atoms with E-state index >= 15 is 0 Å². The molecule has 1 nitrogen and oxygen atoms in total. The van der Waals surface area contributed by atoms with E-state index in [-0.39, 0.29) is 11.8 Å². The average molecular weight is 273 g/mol. The summed E-state index contributed by atoms with van der Waals surface area (Å²) < 4.78 is 38.2. The molecule has 1 unspecified atom stereocenters. The third-order valence-corrected chi connectivity index (χ3v) is 3.19. The van der Waals surface area contributed by atoms with Crippen LogP contribution in [0.15, 0.2) is 24.3 Å². The Hall–Kier alpha value is -1.03. The Morgan fingerprint density at radius 2 is 1.74 bits per heavy atom. The van der Waals surface area contributed by atoms with Gasteiger partial charge in [-0.25, -0.2) is 0 Å². The summed E-state index contributed by atoms with van der Waals surface area (Å²) in [4.78, 5) is 0. The lowest BCUT2D eigenvalue weighted by Crippen LogP contribution is -2.30. The maximum atomic E-state index is 12.7. The molecule has 0 aromatic heterocycles. The lowest BCUT2D eigenvalue weighted by Gasteiger charge is -2.24. The second-order valence-corrected chi connectivity index (χ2v) is 5.54. The molecule has 1 N–H and O–H groups in total. The summed E-state index contributed by atoms with van der Waals surface area (Å²) in [5.74, 6) is 0.374. The van der Waals surface area contributed by atoms with E-state index in [0.29, 0.717) is 12.6 Å². The number of halogens is 3. The van der Waals surface area contributed by atoms with Crippen molar-refractivity contribution in [1.82, 2.24) is 5.32 Å². The Labute approximate surface area is 113 Å². The molecule has 1 atom stereocenters. The van der Waals surface area contributed by atoms with Gasteiger partial charge in [0.15, 0.2) is 0 Å². The smallest absolute Gasteiger partial charge is 0.314 e. The molecule has 1 rings (SSSR count). The van der Waals surface area contributed by atoms with E-state index in [0.717, 1.165) is 11.6 Å². The topological polar surface area (TPSA) is 12.0 Å². The molecular weight excluding hydrogens is 251 g/mol. The Balaban J connectivity index is 2.96. The van der Waals surface area contributed by atoms with Crippen molar-refractivity contribution in [3.63, 3.8) is 0 Å². The minimum Gasteiger partial charge on any atom is -0.314 e. The van der Waals surface area contributed by atoms with Gasteiger partial charge in [0, 0.05) is 12.6 Å². The van der Waals surface area contributed by atoms with Gasteiger partial charge < -0.3 is 5.32 Å². The van der Waals surface area contributed by atoms with Gasteiger partial charge in [0.2, 0.25) is 0 Å². The predicted octanol–water partition coefficient (Wildman–Crippen LogP) is 4.44. The fourth-order valence-corrected chi connectivity index (χ4v) is 2.05. The molecule has 19 heavy (non-hydrogen) atoms. The van der Waals surface area contributed by atoms with Gasteiger partial charge in [-0.1, -0.05) is 45.9 Å². The Morgan fingerprint density at radius 1 is 1.11 bits per heavy atom. The van der Waals surface area contributed by atoms with Crippen LogP contribution in [0.25, 0.3) is 0 Å². The molecule has 0 aliphatic carbocycles. The molecular formula is C15H22F3N. The van der Waals surface area contributed by atoms with Crippen LogP contribution in [0.5, 0.6) is 0 Å². The molecule has 0 fully saturated rings. The van der Waals surface area contributed by atoms with Gasteiger partial charge >= 0.3 is 6.18 Å². The fraction of sp³-hybridized carbons (Fsp3) is 0.600. The largest absolute Gasteiger partial charge is 0.416 e. The molecule has 0 aliphatic rings. The van der Waals surface area contributed by atoms with E-state index in [9.17, 15) is 13.2 Å². The minimum absolute atomic E-state index is 0.0877. The molecule has 0 radical (unpaired) electrons. The first-order valence-corrected chi connectivity index (χ1v) is 6.62. The summed E-state index contributed by atoms with van der Waals surface area (Å²) in [7, 11) is 0. The van der Waals surface area contributed by atoms with Gasteiger partial charge in [0.05, 0.1) is 5.56 Å². The Bertz CT molecular complexity index is 397. The second-order valence-electron chi connectivity index (χ2n) is 5.54. The summed E-state index contributed by atoms with van der Waals surface area (Å²) in [6.07, 6.45) is -4.27. The van der Waals surface area contributed by atoms with Crippen molar-refractivity contribution in [2.45, 2.75) is 45.8 Å². The van der Waals surface area contributed by atoms with Gasteiger partial charge in [-0.3, -0.25) is 0 Å². The van der Waals surface area contributed by atoms with Crippen LogP contribution < -0.4 is 5.32 Å². The van der Waals surface area contributed by atoms with E-state index in [4.69, 9.17) is 0 Å². The highest BCUT2D eigenvalue weighted by Crippen LogP contribution is 2.32. The van der Waals surface area contributed by atoms with Crippen molar-refractivity contribution in [2.24, 2.45) is 5.92 Å². The molecule has 0 bridgehead atoms. The summed E-state index contributed by atoms with van der Waals surface area (Å²) in [5, 5.41) is 3.30. The van der Waals surface area contributed by atoms with Crippen molar-refractivity contribution >= 4 is 0 Å². The van der Waals surface area contributed by atoms with E-state index in [2.05, 4.69) is 5.32 Å². The Kier molecular flexibility index (Phi) is 5.41. The third kappa shape index (κ3) is 4.86. The highest BCUT2D eigenvalue weighted by atomic mass is 19.4. The first-order valence-electron chi connectivity index (χ1n) is 6.62. The lowest BCUT2D eigenvalue weighted by atomic mass is 9.87. The number of alkyl halides is 3. The fourth-order valence-electron chi connectivity index (χ4n) is 2.05. The van der Waals surface area contributed by atoms with Gasteiger partial charge in [-0.15, -0.1) is 0 Å². The van der Waals surface area contributed by atoms with Crippen molar-refractivity contribution in [1.29, 1.82) is 0 Å². The molecule has 1 aromatic carbocycles. The standard InChI is InChI=1S/C15H22F3N/c1-10(2)14(9-19-11(3)4)12-6-5-7-13(8-12)15(16,17)18/h5-8,10-11,14,19H,9H2,1-4H3. The van der Waals surface area contributed by atoms with Crippen molar-refractivity contribution in [3.8, 4) is 0 Å². The van der Waals surface area contributed by atoms with Gasteiger partial charge in [0.1, 0.15) is 0 Å². The van der Waals surface area contributed by atoms with Gasteiger partial charge in [-0.2, -0.15) is 13.2 Å². The zero-order valence-electron chi connectivity index (χ0n) is 11.9. The van der Waals surface area contributed by atoms with Crippen LogP contribution in [0.4, 0.5) is 13.2 Å². The van der Waals surface area contributed by atoms with Crippen LogP contribution in [0.1, 0.15) is 44.7 Å². The summed E-state index contributed by atoms with van der Waals surface area (Å²) in [6, 6.07) is 5.99. The third-order valence-electron chi connectivity index (χ3n) is 3.19. The predicted molar refractivity (Wildman–Crippen MR) is 72.2 cm³/mol. The van der Waals surface area contributed by atoms with Gasteiger partial charge in [-0.05, 0) is 23.5 Å². The maximum Gasteiger partial charge on any atom is 0.416 e. The second kappa shape index (κ2) is 6.42. The highest BCUT2D eigenvalue weighted by molar-refractivity contribution is 5.29. The summed E-state index contributed by atoms with van der Waals surface area (Å²) in [5.41, 5.74) is 0.179. The SMILES string of the molecule is CC(C)NCC(c1cccc(C(F)(F)F)c1)C(C)C. The molecule has 0 spiro atoms. The van der Waals surface area contributed by atoms with Crippen LogP contribution in [0, 0.1) is 5.92 Å². The number of hydrogen-bond donors (Lipinski definition) is 1. The van der Waals surface area contributed by atoms with Crippen LogP contribution in [-0.2, 0) is 6.18 Å². The number of hydrogen-bond acceptors (Lipinski definition) is 1. The quantitative estimate of drug-likeness (QED) is 0.836. The molecule has 0 amide bonds. The van der Waals surface area contributed by atoms with E-state index in [1.165, 1.54) is 12.1 Å². The molecule has 0 aliphatic heterocycles. The van der Waals surface area contributed by atoms with E-state index < -0.39 is 11.7 Å². The van der Waals surface area contributed by atoms with Gasteiger partial charge in [0.25, 0.3) is 0 Å². The van der Waals surface area contributed by atoms with Crippen LogP contribution in [0.3, 0.4) is 0 Å². The van der Waals surface area contributed by atoms with Crippen molar-refractivity contribution in [3.05, 3.63) is 35.4 Å². The molecule has 108 valence electrons. The minimum atomic E-state index is -4.27. The lowest BCUT2D eigenvalue weighted by molar-refractivity contribution is -0.137. The first-order chi connectivity index (χ1) is 8.71. The Morgan fingerprint density at radius 3 is 2.21 bits per heavy atom. The molecule has 0 saturated carbocycles. The molecule has 0 heterocycles. The van der Waals surface area contributed by atoms with E-state index in [1.54, 1.807) is 6.07 Å². The number of benzene rings is 1. The van der Waals surface area contributed by atoms with Crippen LogP contribution in [-0.4, -0.2) is 12.6 Å². The summed E-state index contributed by atoms with van der Waals surface area (Å²) >= 11 is 0. The zero-order chi connectivity index (χ0) is 14.6. The van der Waals surface area contributed by atoms with Crippen molar-refractivity contribution in [2.75, 3.05) is 6.54 Å². The molecule has 4 heteroatoms. The number of rotatable bonds is 5. The number of nitrogens with one attached hydrogen (secondary N) is 1. The zero-order valence-corrected chi connectivity index (χ0v) is 11.9. The average Bonchev–Trinajstić information content (AvgIpc) is 2.27. The first kappa shape index (κ1) is 16.0. The highest BCUT2D eigenvalue weighted by Gasteiger charge is 2.31. The summed E-state index contributed by atoms with van der Waals surface area (Å²) in [6.45, 7) is 8.82. The van der Waals surface area contributed by atoms with E-state index in [1.807, 2.05) is 27.7 Å². The molecule has 1 aromatic rings. The van der Waals surface area contributed by atoms with Crippen LogP contribution in [0.2, 0.25) is 0 Å². The maximum absolute atomic E-state index is 12.7. The molecule has 0 saturated heterocycles. The monoisotopic (exact) mass is 273 g/mol. The normalized spacial score (nSPS) is 14.2. The van der Waals surface area contributed by atoms with Crippen molar-refractivity contribution < 1.29 is 13.2 Å². The van der Waals surface area contributed by atoms with Crippen LogP contribution >= 0.6 is 0 Å².